The number of ketones is 1. The second-order valence-electron chi connectivity index (χ2n) is 4.07. The molecule has 0 spiro atoms. The number of esters is 1. The van der Waals surface area contributed by atoms with Gasteiger partial charge in [-0.05, 0) is 48.2 Å². The number of hydrogen-bond donors (Lipinski definition) is 1. The summed E-state index contributed by atoms with van der Waals surface area (Å²) in [4.78, 5) is 25.7. The Bertz CT molecular complexity index is 593. The minimum absolute atomic E-state index is 0.379. The Morgan fingerprint density at radius 3 is 2.30 bits per heavy atom. The second kappa shape index (κ2) is 6.36. The molecule has 1 N–H and O–H groups in total. The zero-order chi connectivity index (χ0) is 14.5. The van der Waals surface area contributed by atoms with Gasteiger partial charge in [0.1, 0.15) is 0 Å². The summed E-state index contributed by atoms with van der Waals surface area (Å²) in [5.74, 6) is -1.16. The average molecular weight is 293 g/mol. The van der Waals surface area contributed by atoms with Crippen LogP contribution < -0.4 is 4.84 Å². The molecule has 5 nitrogen and oxygen atoms in total. The lowest BCUT2D eigenvalue weighted by Gasteiger charge is -2.11. The number of aromatic nitrogens is 1. The number of benzene rings is 1. The van der Waals surface area contributed by atoms with Crippen LogP contribution in [0.4, 0.5) is 0 Å². The van der Waals surface area contributed by atoms with E-state index in [4.69, 9.17) is 11.8 Å². The quantitative estimate of drug-likeness (QED) is 0.396. The molecule has 2 aromatic rings. The molecular formula is C14H13ClN2O3. The van der Waals surface area contributed by atoms with Crippen LogP contribution in [0.3, 0.4) is 0 Å². The smallest absolute Gasteiger partial charge is 0.332 e. The van der Waals surface area contributed by atoms with E-state index in [0.717, 1.165) is 5.69 Å². The normalized spacial score (nSPS) is 11.9. The van der Waals surface area contributed by atoms with Crippen LogP contribution >= 0.6 is 11.8 Å². The van der Waals surface area contributed by atoms with Crippen molar-refractivity contribution in [3.8, 4) is 5.69 Å². The van der Waals surface area contributed by atoms with Crippen LogP contribution in [0.5, 0.6) is 0 Å². The third kappa shape index (κ3) is 2.89. The molecule has 0 fully saturated rings. The molecule has 6 heteroatoms. The largest absolute Gasteiger partial charge is 0.467 e. The van der Waals surface area contributed by atoms with E-state index in [1.54, 1.807) is 24.3 Å². The average Bonchev–Trinajstić information content (AvgIpc) is 3.02. The number of rotatable bonds is 5. The molecule has 0 aliphatic carbocycles. The lowest BCUT2D eigenvalue weighted by molar-refractivity contribution is -0.141. The van der Waals surface area contributed by atoms with Crippen molar-refractivity contribution in [1.29, 1.82) is 0 Å². The van der Waals surface area contributed by atoms with Crippen LogP contribution in [0.1, 0.15) is 10.4 Å². The fraction of sp³-hybridized carbons (Fsp3) is 0.143. The molecule has 1 unspecified atom stereocenters. The summed E-state index contributed by atoms with van der Waals surface area (Å²) >= 11 is 5.42. The van der Waals surface area contributed by atoms with Crippen molar-refractivity contribution < 1.29 is 14.3 Å². The highest BCUT2D eigenvalue weighted by atomic mass is 35.5. The van der Waals surface area contributed by atoms with Crippen LogP contribution in [-0.2, 0) is 9.53 Å². The Morgan fingerprint density at radius 1 is 1.20 bits per heavy atom. The van der Waals surface area contributed by atoms with Crippen LogP contribution in [0.15, 0.2) is 48.8 Å². The Hall–Kier alpha value is -2.11. The zero-order valence-corrected chi connectivity index (χ0v) is 11.5. The number of Topliss-reactive ketones (excluding diaryl/α,β-unsaturated/α-hetero) is 1. The molecule has 20 heavy (non-hydrogen) atoms. The van der Waals surface area contributed by atoms with Gasteiger partial charge >= 0.3 is 5.97 Å². The molecule has 0 radical (unpaired) electrons. The summed E-state index contributed by atoms with van der Waals surface area (Å²) in [6, 6.07) is 9.46. The van der Waals surface area contributed by atoms with E-state index in [9.17, 15) is 9.59 Å². The van der Waals surface area contributed by atoms with Crippen molar-refractivity contribution in [2.75, 3.05) is 7.11 Å². The molecule has 0 saturated heterocycles. The lowest BCUT2D eigenvalue weighted by Crippen LogP contribution is -2.39. The molecule has 0 aliphatic rings. The summed E-state index contributed by atoms with van der Waals surface area (Å²) in [6.45, 7) is 0. The number of ether oxygens (including phenoxy) is 1. The lowest BCUT2D eigenvalue weighted by atomic mass is 10.0. The molecule has 1 heterocycles. The number of halogens is 1. The minimum Gasteiger partial charge on any atom is -0.467 e. The molecule has 1 aromatic carbocycles. The predicted molar refractivity (Wildman–Crippen MR) is 74.9 cm³/mol. The maximum absolute atomic E-state index is 12.1. The zero-order valence-electron chi connectivity index (χ0n) is 10.7. The SMILES string of the molecule is COC(=O)C(NCl)C(=O)c1ccc(-n2cccc2)cc1. The third-order valence-electron chi connectivity index (χ3n) is 2.86. The van der Waals surface area contributed by atoms with Gasteiger partial charge in [0, 0.05) is 23.6 Å². The van der Waals surface area contributed by atoms with E-state index in [1.807, 2.05) is 29.1 Å². The van der Waals surface area contributed by atoms with Gasteiger partial charge < -0.3 is 9.30 Å². The van der Waals surface area contributed by atoms with Crippen molar-refractivity contribution in [2.24, 2.45) is 0 Å². The number of hydrogen-bond acceptors (Lipinski definition) is 4. The number of methoxy groups -OCH3 is 1. The van der Waals surface area contributed by atoms with Crippen molar-refractivity contribution in [1.82, 2.24) is 9.40 Å². The first-order valence-corrected chi connectivity index (χ1v) is 6.26. The van der Waals surface area contributed by atoms with Crippen molar-refractivity contribution in [2.45, 2.75) is 6.04 Å². The Balaban J connectivity index is 2.21. The highest BCUT2D eigenvalue weighted by molar-refractivity contribution is 6.21. The molecule has 0 aliphatic heterocycles. The van der Waals surface area contributed by atoms with E-state index in [-0.39, 0.29) is 0 Å². The minimum atomic E-state index is -1.21. The maximum Gasteiger partial charge on any atom is 0.332 e. The highest BCUT2D eigenvalue weighted by Crippen LogP contribution is 2.12. The van der Waals surface area contributed by atoms with Gasteiger partial charge in [0.15, 0.2) is 11.8 Å². The summed E-state index contributed by atoms with van der Waals surface area (Å²) < 4.78 is 6.43. The molecule has 1 atom stereocenters. The predicted octanol–water partition coefficient (Wildman–Crippen LogP) is 1.94. The Morgan fingerprint density at radius 2 is 1.80 bits per heavy atom. The van der Waals surface area contributed by atoms with E-state index < -0.39 is 17.8 Å². The first-order valence-electron chi connectivity index (χ1n) is 5.89. The van der Waals surface area contributed by atoms with E-state index >= 15 is 0 Å². The van der Waals surface area contributed by atoms with Crippen molar-refractivity contribution >= 4 is 23.5 Å². The third-order valence-corrected chi connectivity index (χ3v) is 3.08. The van der Waals surface area contributed by atoms with E-state index in [2.05, 4.69) is 9.57 Å². The first kappa shape index (κ1) is 14.3. The van der Waals surface area contributed by atoms with Gasteiger partial charge in [0.25, 0.3) is 0 Å². The Kier molecular flexibility index (Phi) is 4.55. The number of carbonyl (C=O) groups excluding carboxylic acids is 2. The second-order valence-corrected chi connectivity index (χ2v) is 4.28. The molecule has 1 aromatic heterocycles. The standard InChI is InChI=1S/C14H13ClN2O3/c1-20-14(19)12(16-15)13(18)10-4-6-11(7-5-10)17-8-2-3-9-17/h2-9,12,16H,1H3. The Labute approximate surface area is 121 Å². The van der Waals surface area contributed by atoms with Gasteiger partial charge in [-0.3, -0.25) is 4.79 Å². The summed E-state index contributed by atoms with van der Waals surface area (Å²) in [5.41, 5.74) is 1.30. The summed E-state index contributed by atoms with van der Waals surface area (Å²) in [5, 5.41) is 0. The first-order chi connectivity index (χ1) is 9.67. The van der Waals surface area contributed by atoms with Crippen molar-refractivity contribution in [3.05, 3.63) is 54.4 Å². The van der Waals surface area contributed by atoms with Gasteiger partial charge in [0.05, 0.1) is 7.11 Å². The van der Waals surface area contributed by atoms with Crippen LogP contribution in [-0.4, -0.2) is 29.5 Å². The molecule has 0 saturated carbocycles. The van der Waals surface area contributed by atoms with Crippen molar-refractivity contribution in [3.63, 3.8) is 0 Å². The molecule has 2 rings (SSSR count). The summed E-state index contributed by atoms with van der Waals surface area (Å²) in [6.07, 6.45) is 3.79. The van der Waals surface area contributed by atoms with Gasteiger partial charge in [0.2, 0.25) is 0 Å². The number of carbonyl (C=O) groups is 2. The fourth-order valence-corrected chi connectivity index (χ4v) is 1.98. The van der Waals surface area contributed by atoms with Crippen LogP contribution in [0.2, 0.25) is 0 Å². The fourth-order valence-electron chi connectivity index (χ4n) is 1.79. The van der Waals surface area contributed by atoms with Gasteiger partial charge in [-0.25, -0.2) is 9.63 Å². The highest BCUT2D eigenvalue weighted by Gasteiger charge is 2.27. The molecular weight excluding hydrogens is 280 g/mol. The van der Waals surface area contributed by atoms with Gasteiger partial charge in [-0.15, -0.1) is 0 Å². The molecule has 0 bridgehead atoms. The molecule has 104 valence electrons. The van der Waals surface area contributed by atoms with Gasteiger partial charge in [-0.1, -0.05) is 0 Å². The van der Waals surface area contributed by atoms with E-state index in [0.29, 0.717) is 5.56 Å². The summed E-state index contributed by atoms with van der Waals surface area (Å²) in [7, 11) is 1.20. The van der Waals surface area contributed by atoms with Crippen LogP contribution in [0, 0.1) is 0 Å². The topological polar surface area (TPSA) is 60.3 Å². The maximum atomic E-state index is 12.1. The number of nitrogens with zero attached hydrogens (tertiary/aromatic N) is 1. The van der Waals surface area contributed by atoms with E-state index in [1.165, 1.54) is 7.11 Å². The molecule has 0 amide bonds. The van der Waals surface area contributed by atoms with Gasteiger partial charge in [-0.2, -0.15) is 0 Å². The monoisotopic (exact) mass is 292 g/mol. The number of nitrogens with one attached hydrogen (secondary N) is 1. The van der Waals surface area contributed by atoms with Crippen LogP contribution in [0.25, 0.3) is 5.69 Å².